The van der Waals surface area contributed by atoms with Gasteiger partial charge in [0.1, 0.15) is 29.2 Å². The Bertz CT molecular complexity index is 900. The zero-order chi connectivity index (χ0) is 21.1. The standard InChI is InChI=1S/C19H18F3N3O4/c1-28-12-7-14(21)16(15(22)8-12)13-9-25(29-2)18(26)17(13)24-19(27)23-11-5-3-10(20)4-6-11/h3-8,13,17H,9H2,1-2H3,(H2,23,24,27). The Morgan fingerprint density at radius 2 is 1.72 bits per heavy atom. The number of carbonyl (C=O) groups excluding carboxylic acids is 2. The predicted molar refractivity (Wildman–Crippen MR) is 96.7 cm³/mol. The first kappa shape index (κ1) is 20.5. The summed E-state index contributed by atoms with van der Waals surface area (Å²) in [6.07, 6.45) is 0. The number of hydrogen-bond donors (Lipinski definition) is 2. The summed E-state index contributed by atoms with van der Waals surface area (Å²) in [5, 5.41) is 5.75. The minimum Gasteiger partial charge on any atom is -0.497 e. The lowest BCUT2D eigenvalue weighted by atomic mass is 9.93. The molecule has 2 atom stereocenters. The fraction of sp³-hybridized carbons (Fsp3) is 0.263. The van der Waals surface area contributed by atoms with Crippen LogP contribution in [0.4, 0.5) is 23.7 Å². The molecule has 2 unspecified atom stereocenters. The lowest BCUT2D eigenvalue weighted by Gasteiger charge is -2.20. The quantitative estimate of drug-likeness (QED) is 0.796. The smallest absolute Gasteiger partial charge is 0.319 e. The molecule has 0 bridgehead atoms. The van der Waals surface area contributed by atoms with Crippen LogP contribution in [0.15, 0.2) is 36.4 Å². The molecule has 0 radical (unpaired) electrons. The van der Waals surface area contributed by atoms with Crippen molar-refractivity contribution in [3.05, 3.63) is 59.4 Å². The van der Waals surface area contributed by atoms with Crippen LogP contribution in [-0.2, 0) is 9.63 Å². The maximum Gasteiger partial charge on any atom is 0.319 e. The second kappa shape index (κ2) is 8.39. The minimum atomic E-state index is -1.28. The van der Waals surface area contributed by atoms with Gasteiger partial charge in [0.05, 0.1) is 20.8 Å². The first-order chi connectivity index (χ1) is 13.8. The second-order valence-electron chi connectivity index (χ2n) is 6.28. The number of carbonyl (C=O) groups is 2. The van der Waals surface area contributed by atoms with Crippen molar-refractivity contribution in [1.82, 2.24) is 10.4 Å². The van der Waals surface area contributed by atoms with Crippen molar-refractivity contribution in [3.63, 3.8) is 0 Å². The number of rotatable bonds is 5. The van der Waals surface area contributed by atoms with Crippen molar-refractivity contribution >= 4 is 17.6 Å². The fourth-order valence-corrected chi connectivity index (χ4v) is 3.16. The van der Waals surface area contributed by atoms with Gasteiger partial charge in [0.25, 0.3) is 5.91 Å². The highest BCUT2D eigenvalue weighted by Gasteiger charge is 2.45. The van der Waals surface area contributed by atoms with Gasteiger partial charge >= 0.3 is 6.03 Å². The monoisotopic (exact) mass is 409 g/mol. The number of hydrogen-bond acceptors (Lipinski definition) is 4. The van der Waals surface area contributed by atoms with Gasteiger partial charge in [0.15, 0.2) is 0 Å². The molecule has 1 aliphatic heterocycles. The third kappa shape index (κ3) is 4.27. The third-order valence-corrected chi connectivity index (χ3v) is 4.54. The number of methoxy groups -OCH3 is 1. The van der Waals surface area contributed by atoms with Crippen LogP contribution in [0, 0.1) is 17.5 Å². The summed E-state index contributed by atoms with van der Waals surface area (Å²) in [6, 6.07) is 4.85. The van der Waals surface area contributed by atoms with Crippen LogP contribution < -0.4 is 15.4 Å². The first-order valence-corrected chi connectivity index (χ1v) is 8.55. The van der Waals surface area contributed by atoms with Crippen molar-refractivity contribution in [1.29, 1.82) is 0 Å². The van der Waals surface area contributed by atoms with Crippen molar-refractivity contribution < 1.29 is 32.3 Å². The largest absolute Gasteiger partial charge is 0.497 e. The Hall–Kier alpha value is -3.27. The van der Waals surface area contributed by atoms with Crippen molar-refractivity contribution in [2.24, 2.45) is 0 Å². The molecule has 7 nitrogen and oxygen atoms in total. The molecule has 3 rings (SSSR count). The van der Waals surface area contributed by atoms with E-state index < -0.39 is 41.3 Å². The van der Waals surface area contributed by atoms with E-state index in [9.17, 15) is 22.8 Å². The number of nitrogens with zero attached hydrogens (tertiary/aromatic N) is 1. The number of ether oxygens (including phenoxy) is 1. The van der Waals surface area contributed by atoms with Gasteiger partial charge in [-0.25, -0.2) is 23.0 Å². The van der Waals surface area contributed by atoms with Gasteiger partial charge in [-0.05, 0) is 24.3 Å². The van der Waals surface area contributed by atoms with Crippen molar-refractivity contribution in [2.45, 2.75) is 12.0 Å². The zero-order valence-corrected chi connectivity index (χ0v) is 15.5. The normalized spacial score (nSPS) is 18.7. The van der Waals surface area contributed by atoms with Crippen LogP contribution in [0.2, 0.25) is 0 Å². The molecule has 0 aromatic heterocycles. The molecular formula is C19H18F3N3O4. The van der Waals surface area contributed by atoms with Gasteiger partial charge in [0.2, 0.25) is 0 Å². The average Bonchev–Trinajstić information content (AvgIpc) is 2.98. The van der Waals surface area contributed by atoms with Crippen LogP contribution in [-0.4, -0.2) is 43.8 Å². The van der Waals surface area contributed by atoms with Crippen molar-refractivity contribution in [2.75, 3.05) is 26.1 Å². The van der Waals surface area contributed by atoms with E-state index in [0.29, 0.717) is 0 Å². The Kier molecular flexibility index (Phi) is 5.92. The number of benzene rings is 2. The van der Waals surface area contributed by atoms with Crippen LogP contribution in [0.5, 0.6) is 5.75 Å². The van der Waals surface area contributed by atoms with E-state index in [-0.39, 0.29) is 23.5 Å². The second-order valence-corrected chi connectivity index (χ2v) is 6.28. The molecule has 2 aromatic carbocycles. The lowest BCUT2D eigenvalue weighted by molar-refractivity contribution is -0.168. The van der Waals surface area contributed by atoms with Crippen LogP contribution >= 0.6 is 0 Å². The lowest BCUT2D eigenvalue weighted by Crippen LogP contribution is -2.45. The molecule has 2 aromatic rings. The van der Waals surface area contributed by atoms with Gasteiger partial charge in [-0.3, -0.25) is 9.63 Å². The van der Waals surface area contributed by atoms with Crippen LogP contribution in [0.25, 0.3) is 0 Å². The molecule has 3 amide bonds. The molecule has 1 aliphatic rings. The Balaban J connectivity index is 1.85. The van der Waals surface area contributed by atoms with E-state index in [1.807, 2.05) is 0 Å². The molecule has 2 N–H and O–H groups in total. The Labute approximate surface area is 164 Å². The topological polar surface area (TPSA) is 79.9 Å². The highest BCUT2D eigenvalue weighted by Crippen LogP contribution is 2.34. The molecule has 1 fully saturated rings. The van der Waals surface area contributed by atoms with Gasteiger partial charge in [-0.2, -0.15) is 0 Å². The summed E-state index contributed by atoms with van der Waals surface area (Å²) < 4.78 is 46.9. The summed E-state index contributed by atoms with van der Waals surface area (Å²) in [4.78, 5) is 29.8. The van der Waals surface area contributed by atoms with E-state index >= 15 is 0 Å². The van der Waals surface area contributed by atoms with E-state index in [1.165, 1.54) is 26.4 Å². The summed E-state index contributed by atoms with van der Waals surface area (Å²) in [5.74, 6) is -4.04. The maximum atomic E-state index is 14.5. The molecule has 0 saturated carbocycles. The summed E-state index contributed by atoms with van der Waals surface area (Å²) in [6.45, 7) is -0.170. The highest BCUT2D eigenvalue weighted by atomic mass is 19.1. The molecule has 1 heterocycles. The van der Waals surface area contributed by atoms with Crippen LogP contribution in [0.1, 0.15) is 11.5 Å². The van der Waals surface area contributed by atoms with E-state index in [0.717, 1.165) is 29.3 Å². The number of nitrogens with one attached hydrogen (secondary N) is 2. The molecule has 1 saturated heterocycles. The van der Waals surface area contributed by atoms with Gasteiger partial charge in [-0.15, -0.1) is 0 Å². The number of hydroxylamine groups is 2. The summed E-state index contributed by atoms with van der Waals surface area (Å²) in [5.41, 5.74) is -0.0953. The number of halogens is 3. The third-order valence-electron chi connectivity index (χ3n) is 4.54. The molecule has 154 valence electrons. The molecule has 0 aliphatic carbocycles. The molecule has 0 spiro atoms. The van der Waals surface area contributed by atoms with Gasteiger partial charge < -0.3 is 15.4 Å². The summed E-state index contributed by atoms with van der Waals surface area (Å²) >= 11 is 0. The zero-order valence-electron chi connectivity index (χ0n) is 15.5. The maximum absolute atomic E-state index is 14.5. The number of amides is 3. The van der Waals surface area contributed by atoms with Gasteiger partial charge in [-0.1, -0.05) is 0 Å². The van der Waals surface area contributed by atoms with E-state index in [2.05, 4.69) is 10.6 Å². The van der Waals surface area contributed by atoms with Crippen molar-refractivity contribution in [3.8, 4) is 5.75 Å². The van der Waals surface area contributed by atoms with Crippen LogP contribution in [0.3, 0.4) is 0 Å². The Morgan fingerprint density at radius 1 is 1.10 bits per heavy atom. The molecular weight excluding hydrogens is 391 g/mol. The minimum absolute atomic E-state index is 0.0183. The average molecular weight is 409 g/mol. The highest BCUT2D eigenvalue weighted by molar-refractivity contribution is 5.95. The Morgan fingerprint density at radius 3 is 2.28 bits per heavy atom. The fourth-order valence-electron chi connectivity index (χ4n) is 3.16. The van der Waals surface area contributed by atoms with E-state index in [1.54, 1.807) is 0 Å². The predicted octanol–water partition coefficient (Wildman–Crippen LogP) is 2.79. The number of urea groups is 1. The SMILES string of the molecule is COc1cc(F)c(C2CN(OC)C(=O)C2NC(=O)Nc2ccc(F)cc2)c(F)c1. The molecule has 10 heteroatoms. The summed E-state index contributed by atoms with van der Waals surface area (Å²) in [7, 11) is 2.50. The van der Waals surface area contributed by atoms with E-state index in [4.69, 9.17) is 9.57 Å². The first-order valence-electron chi connectivity index (χ1n) is 8.55. The van der Waals surface area contributed by atoms with Gasteiger partial charge in [0, 0.05) is 29.3 Å². The number of anilines is 1. The molecule has 29 heavy (non-hydrogen) atoms.